The minimum absolute atomic E-state index is 0.0833. The molecule has 0 aliphatic carbocycles. The highest BCUT2D eigenvalue weighted by Crippen LogP contribution is 2.33. The zero-order valence-electron chi connectivity index (χ0n) is 10.6. The molecule has 104 valence electrons. The second-order valence-electron chi connectivity index (χ2n) is 4.21. The number of nitrogens with zero attached hydrogens (tertiary/aromatic N) is 1. The Labute approximate surface area is 129 Å². The van der Waals surface area contributed by atoms with Gasteiger partial charge in [0.15, 0.2) is 0 Å². The SMILES string of the molecule is C[C@@H](O)c1ccc(Sc2ccc([N+](=O)[O-])cc2)cc1Br. The molecule has 0 bridgehead atoms. The molecule has 0 spiro atoms. The van der Waals surface area contributed by atoms with Crippen LogP contribution in [-0.4, -0.2) is 10.0 Å². The molecule has 0 heterocycles. The van der Waals surface area contributed by atoms with Crippen LogP contribution in [0.2, 0.25) is 0 Å². The third-order valence-electron chi connectivity index (χ3n) is 2.71. The lowest BCUT2D eigenvalue weighted by atomic mass is 10.1. The van der Waals surface area contributed by atoms with Gasteiger partial charge < -0.3 is 5.11 Å². The molecule has 2 aromatic carbocycles. The van der Waals surface area contributed by atoms with E-state index in [9.17, 15) is 15.2 Å². The van der Waals surface area contributed by atoms with Crippen LogP contribution in [0.5, 0.6) is 0 Å². The average molecular weight is 354 g/mol. The maximum atomic E-state index is 10.6. The number of benzene rings is 2. The molecule has 0 unspecified atom stereocenters. The molecule has 2 rings (SSSR count). The molecule has 0 aromatic heterocycles. The monoisotopic (exact) mass is 353 g/mol. The topological polar surface area (TPSA) is 63.4 Å². The van der Waals surface area contributed by atoms with Gasteiger partial charge in [0.05, 0.1) is 11.0 Å². The van der Waals surface area contributed by atoms with Gasteiger partial charge in [-0.3, -0.25) is 10.1 Å². The number of rotatable bonds is 4. The van der Waals surface area contributed by atoms with Crippen molar-refractivity contribution in [3.8, 4) is 0 Å². The second-order valence-corrected chi connectivity index (χ2v) is 6.21. The minimum Gasteiger partial charge on any atom is -0.389 e. The van der Waals surface area contributed by atoms with Crippen LogP contribution < -0.4 is 0 Å². The van der Waals surface area contributed by atoms with E-state index in [0.717, 1.165) is 19.8 Å². The fourth-order valence-corrected chi connectivity index (χ4v) is 3.40. The van der Waals surface area contributed by atoms with E-state index in [-0.39, 0.29) is 5.69 Å². The van der Waals surface area contributed by atoms with E-state index in [1.54, 1.807) is 19.1 Å². The standard InChI is InChI=1S/C14H12BrNO3S/c1-9(17)13-7-6-12(8-14(13)15)20-11-4-2-10(3-5-11)16(18)19/h2-9,17H,1H3/t9-/m1/s1. The van der Waals surface area contributed by atoms with Crippen molar-refractivity contribution in [1.82, 2.24) is 0 Å². The number of hydrogen-bond acceptors (Lipinski definition) is 4. The molecule has 0 radical (unpaired) electrons. The Morgan fingerprint density at radius 1 is 1.20 bits per heavy atom. The maximum Gasteiger partial charge on any atom is 0.269 e. The lowest BCUT2D eigenvalue weighted by Crippen LogP contribution is -1.92. The third kappa shape index (κ3) is 3.59. The zero-order valence-corrected chi connectivity index (χ0v) is 13.0. The lowest BCUT2D eigenvalue weighted by Gasteiger charge is -2.09. The molecule has 0 amide bonds. The fraction of sp³-hybridized carbons (Fsp3) is 0.143. The van der Waals surface area contributed by atoms with E-state index in [1.165, 1.54) is 23.9 Å². The van der Waals surface area contributed by atoms with Crippen LogP contribution in [0.25, 0.3) is 0 Å². The van der Waals surface area contributed by atoms with Crippen molar-refractivity contribution in [2.24, 2.45) is 0 Å². The second kappa shape index (κ2) is 6.39. The van der Waals surface area contributed by atoms with Gasteiger partial charge in [-0.25, -0.2) is 0 Å². The summed E-state index contributed by atoms with van der Waals surface area (Å²) in [4.78, 5) is 12.1. The van der Waals surface area contributed by atoms with Crippen molar-refractivity contribution in [2.75, 3.05) is 0 Å². The summed E-state index contributed by atoms with van der Waals surface area (Å²) in [6, 6.07) is 12.1. The number of aliphatic hydroxyl groups is 1. The molecule has 0 aliphatic heterocycles. The van der Waals surface area contributed by atoms with Gasteiger partial charge in [0.2, 0.25) is 0 Å². The van der Waals surface area contributed by atoms with Crippen LogP contribution in [-0.2, 0) is 0 Å². The van der Waals surface area contributed by atoms with Crippen LogP contribution in [0.1, 0.15) is 18.6 Å². The highest BCUT2D eigenvalue weighted by atomic mass is 79.9. The first-order valence-electron chi connectivity index (χ1n) is 5.87. The summed E-state index contributed by atoms with van der Waals surface area (Å²) in [7, 11) is 0. The Bertz CT molecular complexity index is 629. The Morgan fingerprint density at radius 3 is 2.30 bits per heavy atom. The van der Waals surface area contributed by atoms with E-state index < -0.39 is 11.0 Å². The van der Waals surface area contributed by atoms with E-state index in [0.29, 0.717) is 0 Å². The van der Waals surface area contributed by atoms with Gasteiger partial charge >= 0.3 is 0 Å². The van der Waals surface area contributed by atoms with Crippen molar-refractivity contribution in [3.63, 3.8) is 0 Å². The van der Waals surface area contributed by atoms with Crippen molar-refractivity contribution in [1.29, 1.82) is 0 Å². The number of halogens is 1. The normalized spacial score (nSPS) is 12.2. The minimum atomic E-state index is -0.525. The average Bonchev–Trinajstić information content (AvgIpc) is 2.39. The maximum absolute atomic E-state index is 10.6. The molecule has 0 fully saturated rings. The highest BCUT2D eigenvalue weighted by Gasteiger charge is 2.08. The summed E-state index contributed by atoms with van der Waals surface area (Å²) in [5.41, 5.74) is 0.915. The van der Waals surface area contributed by atoms with Gasteiger partial charge in [0.1, 0.15) is 0 Å². The molecule has 0 saturated heterocycles. The van der Waals surface area contributed by atoms with E-state index in [4.69, 9.17) is 0 Å². The van der Waals surface area contributed by atoms with E-state index >= 15 is 0 Å². The molecular formula is C14H12BrNO3S. The van der Waals surface area contributed by atoms with Crippen LogP contribution in [0.15, 0.2) is 56.7 Å². The number of nitro groups is 1. The number of hydrogen-bond donors (Lipinski definition) is 1. The molecular weight excluding hydrogens is 342 g/mol. The van der Waals surface area contributed by atoms with E-state index in [1.807, 2.05) is 18.2 Å². The molecule has 6 heteroatoms. The largest absolute Gasteiger partial charge is 0.389 e. The molecule has 0 aliphatic rings. The highest BCUT2D eigenvalue weighted by molar-refractivity contribution is 9.10. The van der Waals surface area contributed by atoms with Crippen molar-refractivity contribution < 1.29 is 10.0 Å². The summed E-state index contributed by atoms with van der Waals surface area (Å²) in [5, 5.41) is 20.2. The van der Waals surface area contributed by atoms with E-state index in [2.05, 4.69) is 15.9 Å². The van der Waals surface area contributed by atoms with Crippen molar-refractivity contribution in [3.05, 3.63) is 62.6 Å². The van der Waals surface area contributed by atoms with Crippen molar-refractivity contribution in [2.45, 2.75) is 22.8 Å². The van der Waals surface area contributed by atoms with Crippen molar-refractivity contribution >= 4 is 33.4 Å². The van der Waals surface area contributed by atoms with Crippen LogP contribution >= 0.6 is 27.7 Å². The van der Waals surface area contributed by atoms with Gasteiger partial charge in [0, 0.05) is 26.4 Å². The summed E-state index contributed by atoms with van der Waals surface area (Å²) >= 11 is 4.94. The van der Waals surface area contributed by atoms with Gasteiger partial charge in [-0.15, -0.1) is 0 Å². The third-order valence-corrected chi connectivity index (χ3v) is 4.39. The number of non-ortho nitro benzene ring substituents is 1. The van der Waals surface area contributed by atoms with Gasteiger partial charge in [-0.05, 0) is 36.8 Å². The smallest absolute Gasteiger partial charge is 0.269 e. The summed E-state index contributed by atoms with van der Waals surface area (Å²) in [6.45, 7) is 1.71. The van der Waals surface area contributed by atoms with Gasteiger partial charge in [0.25, 0.3) is 5.69 Å². The Kier molecular flexibility index (Phi) is 4.80. The quantitative estimate of drug-likeness (QED) is 0.646. The first-order valence-corrected chi connectivity index (χ1v) is 7.48. The Balaban J connectivity index is 2.17. The molecule has 2 aromatic rings. The molecule has 0 saturated carbocycles. The fourth-order valence-electron chi connectivity index (χ4n) is 1.68. The van der Waals surface area contributed by atoms with Crippen LogP contribution in [0.3, 0.4) is 0 Å². The molecule has 1 N–H and O–H groups in total. The summed E-state index contributed by atoms with van der Waals surface area (Å²) < 4.78 is 0.847. The first-order chi connectivity index (χ1) is 9.47. The summed E-state index contributed by atoms with van der Waals surface area (Å²) in [6.07, 6.45) is -0.525. The van der Waals surface area contributed by atoms with Gasteiger partial charge in [-0.2, -0.15) is 0 Å². The predicted octanol–water partition coefficient (Wildman–Crippen LogP) is 4.56. The van der Waals surface area contributed by atoms with Crippen LogP contribution in [0, 0.1) is 10.1 Å². The molecule has 20 heavy (non-hydrogen) atoms. The van der Waals surface area contributed by atoms with Gasteiger partial charge in [-0.1, -0.05) is 33.8 Å². The number of aliphatic hydroxyl groups excluding tert-OH is 1. The first kappa shape index (κ1) is 15.0. The molecule has 4 nitrogen and oxygen atoms in total. The molecule has 1 atom stereocenters. The Hall–Kier alpha value is -1.37. The lowest BCUT2D eigenvalue weighted by molar-refractivity contribution is -0.384. The van der Waals surface area contributed by atoms with Crippen LogP contribution in [0.4, 0.5) is 5.69 Å². The Morgan fingerprint density at radius 2 is 1.80 bits per heavy atom. The zero-order chi connectivity index (χ0) is 14.7. The predicted molar refractivity (Wildman–Crippen MR) is 82.0 cm³/mol. The summed E-state index contributed by atoms with van der Waals surface area (Å²) in [5.74, 6) is 0. The number of nitro benzene ring substituents is 1.